The molecule has 1 aromatic rings. The molecule has 2 rings (SSSR count). The van der Waals surface area contributed by atoms with Gasteiger partial charge in [0.25, 0.3) is 0 Å². The largest absolute Gasteiger partial charge is 0.463 e. The van der Waals surface area contributed by atoms with E-state index in [1.165, 1.54) is 18.2 Å². The van der Waals surface area contributed by atoms with Gasteiger partial charge in [-0.05, 0) is 53.2 Å². The Labute approximate surface area is 228 Å². The molecule has 0 saturated carbocycles. The monoisotopic (exact) mass is 556 g/mol. The van der Waals surface area contributed by atoms with E-state index in [4.69, 9.17) is 18.9 Å². The van der Waals surface area contributed by atoms with Gasteiger partial charge in [-0.25, -0.2) is 9.59 Å². The third-order valence-corrected chi connectivity index (χ3v) is 6.93. The number of alkyl halides is 3. The lowest BCUT2D eigenvalue weighted by atomic mass is 9.78. The molecule has 0 N–H and O–H groups in total. The highest BCUT2D eigenvalue weighted by Gasteiger charge is 2.44. The van der Waals surface area contributed by atoms with Gasteiger partial charge in [-0.15, -0.1) is 0 Å². The molecule has 0 bridgehead atoms. The van der Waals surface area contributed by atoms with E-state index >= 15 is 0 Å². The van der Waals surface area contributed by atoms with Crippen LogP contribution in [0.15, 0.2) is 46.8 Å². The van der Waals surface area contributed by atoms with Gasteiger partial charge in [0.2, 0.25) is 0 Å². The number of esters is 2. The fourth-order valence-electron chi connectivity index (χ4n) is 4.85. The first-order chi connectivity index (χ1) is 18.3. The zero-order valence-corrected chi connectivity index (χ0v) is 23.8. The third-order valence-electron chi connectivity index (χ3n) is 6.93. The van der Waals surface area contributed by atoms with Crippen LogP contribution in [0.25, 0.3) is 0 Å². The van der Waals surface area contributed by atoms with Crippen molar-refractivity contribution < 1.29 is 41.7 Å². The van der Waals surface area contributed by atoms with Gasteiger partial charge in [0.1, 0.15) is 12.5 Å². The molecule has 1 aromatic carbocycles. The van der Waals surface area contributed by atoms with E-state index in [-0.39, 0.29) is 48.9 Å². The van der Waals surface area contributed by atoms with E-state index in [1.807, 2.05) is 18.7 Å². The van der Waals surface area contributed by atoms with Crippen LogP contribution in [0.2, 0.25) is 0 Å². The number of carbonyl (C=O) groups is 2. The number of hydrogen-bond acceptors (Lipinski definition) is 8. The Hall–Kier alpha value is -2.89. The zero-order chi connectivity index (χ0) is 29.5. The van der Waals surface area contributed by atoms with E-state index in [9.17, 15) is 22.8 Å². The molecule has 1 aliphatic heterocycles. The Balaban J connectivity index is 2.80. The fourth-order valence-corrected chi connectivity index (χ4v) is 4.85. The summed E-state index contributed by atoms with van der Waals surface area (Å²) in [6, 6.07) is 4.94. The normalized spacial score (nSPS) is 16.6. The lowest BCUT2D eigenvalue weighted by Crippen LogP contribution is -2.47. The summed E-state index contributed by atoms with van der Waals surface area (Å²) in [5.41, 5.74) is -0.493. The number of benzene rings is 1. The topological polar surface area (TPSA) is 77.5 Å². The minimum absolute atomic E-state index is 0.00513. The van der Waals surface area contributed by atoms with Gasteiger partial charge in [-0.1, -0.05) is 18.2 Å². The van der Waals surface area contributed by atoms with Crippen LogP contribution < -0.4 is 0 Å². The first-order valence-electron chi connectivity index (χ1n) is 12.9. The number of rotatable bonds is 12. The number of nitrogens with zero attached hydrogens (tertiary/aromatic N) is 2. The summed E-state index contributed by atoms with van der Waals surface area (Å²) in [5, 5.41) is 0. The molecule has 8 nitrogen and oxygen atoms in total. The predicted molar refractivity (Wildman–Crippen MR) is 139 cm³/mol. The van der Waals surface area contributed by atoms with Crippen LogP contribution in [0, 0.1) is 0 Å². The minimum Gasteiger partial charge on any atom is -0.463 e. The van der Waals surface area contributed by atoms with Crippen molar-refractivity contribution in [2.75, 3.05) is 40.5 Å². The molecule has 39 heavy (non-hydrogen) atoms. The summed E-state index contributed by atoms with van der Waals surface area (Å²) < 4.78 is 64.0. The summed E-state index contributed by atoms with van der Waals surface area (Å²) >= 11 is 0. The van der Waals surface area contributed by atoms with Crippen molar-refractivity contribution in [2.45, 2.75) is 66.1 Å². The standard InChI is InChI=1S/C28H39F3N2O6/c1-9-38-26(34)23-17(3)32(15-16-33(19(5)36-7)20(6)37-8)18(4)24(27(35)39-10-2)25(23)21-13-11-12-14-22(21)28(29,30)31/h11-14,19-20,25H,9-10,15-16H2,1-8H3. The second-order valence-corrected chi connectivity index (χ2v) is 9.02. The predicted octanol–water partition coefficient (Wildman–Crippen LogP) is 5.07. The zero-order valence-electron chi connectivity index (χ0n) is 23.8. The smallest absolute Gasteiger partial charge is 0.416 e. The molecule has 0 fully saturated rings. The highest BCUT2D eigenvalue weighted by molar-refractivity contribution is 6.00. The summed E-state index contributed by atoms with van der Waals surface area (Å²) in [5.74, 6) is -2.95. The number of carbonyl (C=O) groups excluding carboxylic acids is 2. The van der Waals surface area contributed by atoms with Gasteiger partial charge >= 0.3 is 18.1 Å². The number of hydrogen-bond donors (Lipinski definition) is 0. The second kappa shape index (κ2) is 14.0. The molecule has 0 radical (unpaired) electrons. The lowest BCUT2D eigenvalue weighted by molar-refractivity contribution is -0.142. The Morgan fingerprint density at radius 3 is 1.79 bits per heavy atom. The first kappa shape index (κ1) is 32.3. The number of allylic oxidation sites excluding steroid dienone is 2. The molecule has 11 heteroatoms. The van der Waals surface area contributed by atoms with Gasteiger partial charge in [-0.2, -0.15) is 13.2 Å². The first-order valence-corrected chi connectivity index (χ1v) is 12.9. The average Bonchev–Trinajstić information content (AvgIpc) is 2.89. The molecule has 0 aromatic heterocycles. The molecule has 218 valence electrons. The van der Waals surface area contributed by atoms with Crippen molar-refractivity contribution in [1.82, 2.24) is 9.80 Å². The van der Waals surface area contributed by atoms with E-state index in [0.29, 0.717) is 17.9 Å². The molecular weight excluding hydrogens is 517 g/mol. The minimum atomic E-state index is -4.72. The van der Waals surface area contributed by atoms with Crippen molar-refractivity contribution in [2.24, 2.45) is 0 Å². The van der Waals surface area contributed by atoms with E-state index in [0.717, 1.165) is 6.07 Å². The molecule has 2 atom stereocenters. The molecule has 1 aliphatic rings. The van der Waals surface area contributed by atoms with E-state index < -0.39 is 29.6 Å². The van der Waals surface area contributed by atoms with Crippen LogP contribution in [0.5, 0.6) is 0 Å². The van der Waals surface area contributed by atoms with Crippen LogP contribution in [0.3, 0.4) is 0 Å². The quantitative estimate of drug-likeness (QED) is 0.261. The van der Waals surface area contributed by atoms with Crippen LogP contribution >= 0.6 is 0 Å². The van der Waals surface area contributed by atoms with Gasteiger partial charge in [-0.3, -0.25) is 4.90 Å². The molecule has 0 saturated heterocycles. The van der Waals surface area contributed by atoms with Crippen molar-refractivity contribution in [3.63, 3.8) is 0 Å². The van der Waals surface area contributed by atoms with E-state index in [2.05, 4.69) is 0 Å². The Morgan fingerprint density at radius 1 is 0.923 bits per heavy atom. The maximum atomic E-state index is 14.2. The van der Waals surface area contributed by atoms with Gasteiger partial charge < -0.3 is 23.8 Å². The van der Waals surface area contributed by atoms with Gasteiger partial charge in [0.05, 0.1) is 35.8 Å². The van der Waals surface area contributed by atoms with Crippen LogP contribution in [-0.4, -0.2) is 74.7 Å². The van der Waals surface area contributed by atoms with Crippen LogP contribution in [0.4, 0.5) is 13.2 Å². The van der Waals surface area contributed by atoms with Crippen molar-refractivity contribution in [3.8, 4) is 0 Å². The molecule has 1 heterocycles. The number of ether oxygens (including phenoxy) is 4. The lowest BCUT2D eigenvalue weighted by Gasteiger charge is -2.40. The number of halogens is 3. The van der Waals surface area contributed by atoms with Gasteiger partial charge in [0, 0.05) is 38.7 Å². The molecular formula is C28H39F3N2O6. The van der Waals surface area contributed by atoms with Gasteiger partial charge in [0.15, 0.2) is 0 Å². The van der Waals surface area contributed by atoms with Crippen molar-refractivity contribution in [3.05, 3.63) is 57.9 Å². The maximum absolute atomic E-state index is 14.2. The third kappa shape index (κ3) is 7.20. The second-order valence-electron chi connectivity index (χ2n) is 9.02. The SMILES string of the molecule is CCOC(=O)C1=C(C)N(CCN(C(C)OC)C(C)OC)C(C)=C(C(=O)OCC)C1c1ccccc1C(F)(F)F. The van der Waals surface area contributed by atoms with E-state index in [1.54, 1.807) is 46.8 Å². The summed E-state index contributed by atoms with van der Waals surface area (Å²) in [7, 11) is 3.13. The Morgan fingerprint density at radius 2 is 1.38 bits per heavy atom. The fraction of sp³-hybridized carbons (Fsp3) is 0.571. The highest BCUT2D eigenvalue weighted by Crippen LogP contribution is 2.46. The number of methoxy groups -OCH3 is 2. The molecule has 0 amide bonds. The summed E-state index contributed by atoms with van der Waals surface area (Å²) in [6.45, 7) is 10.9. The Kier molecular flexibility index (Phi) is 11.6. The molecule has 0 aliphatic carbocycles. The molecule has 0 spiro atoms. The van der Waals surface area contributed by atoms with Crippen LogP contribution in [-0.2, 0) is 34.7 Å². The maximum Gasteiger partial charge on any atom is 0.416 e. The highest BCUT2D eigenvalue weighted by atomic mass is 19.4. The van der Waals surface area contributed by atoms with Crippen LogP contribution in [0.1, 0.15) is 58.6 Å². The Bertz CT molecular complexity index is 1030. The van der Waals surface area contributed by atoms with Crippen molar-refractivity contribution >= 4 is 11.9 Å². The van der Waals surface area contributed by atoms with Crippen molar-refractivity contribution in [1.29, 1.82) is 0 Å². The average molecular weight is 557 g/mol. The summed E-state index contributed by atoms with van der Waals surface area (Å²) in [6.07, 6.45) is -5.36. The molecule has 2 unspecified atom stereocenters. The summed E-state index contributed by atoms with van der Waals surface area (Å²) in [4.78, 5) is 30.4.